The highest BCUT2D eigenvalue weighted by atomic mass is 32.2. The van der Waals surface area contributed by atoms with Crippen molar-refractivity contribution in [1.82, 2.24) is 4.31 Å². The standard InChI is InChI=1S/C14H22FNO3S/c1-5-16(20(17,18)11(2)10-19-4)12(3)13-6-8-14(15)9-7-13/h6-9,11-12H,5,10H2,1-4H3/t11-,12-/m1/s1. The first-order chi connectivity index (χ1) is 9.34. The summed E-state index contributed by atoms with van der Waals surface area (Å²) in [6, 6.07) is 5.55. The Morgan fingerprint density at radius 1 is 1.25 bits per heavy atom. The predicted molar refractivity (Wildman–Crippen MR) is 77.5 cm³/mol. The van der Waals surface area contributed by atoms with Crippen LogP contribution in [-0.4, -0.2) is 38.2 Å². The molecule has 0 aliphatic carbocycles. The molecule has 0 amide bonds. The van der Waals surface area contributed by atoms with E-state index in [1.54, 1.807) is 32.9 Å². The van der Waals surface area contributed by atoms with E-state index in [2.05, 4.69) is 0 Å². The van der Waals surface area contributed by atoms with Gasteiger partial charge in [-0.15, -0.1) is 0 Å². The van der Waals surface area contributed by atoms with Crippen molar-refractivity contribution >= 4 is 10.0 Å². The number of halogens is 1. The van der Waals surface area contributed by atoms with Gasteiger partial charge in [0.1, 0.15) is 5.82 Å². The van der Waals surface area contributed by atoms with Crippen LogP contribution < -0.4 is 0 Å². The summed E-state index contributed by atoms with van der Waals surface area (Å²) < 4.78 is 44.3. The Morgan fingerprint density at radius 3 is 2.25 bits per heavy atom. The van der Waals surface area contributed by atoms with Gasteiger partial charge in [-0.1, -0.05) is 19.1 Å². The molecule has 0 heterocycles. The number of rotatable bonds is 7. The molecular weight excluding hydrogens is 281 g/mol. The lowest BCUT2D eigenvalue weighted by molar-refractivity contribution is 0.197. The molecule has 0 radical (unpaired) electrons. The van der Waals surface area contributed by atoms with Crippen molar-refractivity contribution in [3.05, 3.63) is 35.6 Å². The zero-order valence-electron chi connectivity index (χ0n) is 12.3. The third-order valence-corrected chi connectivity index (χ3v) is 5.71. The van der Waals surface area contributed by atoms with Crippen molar-refractivity contribution in [2.45, 2.75) is 32.1 Å². The molecular formula is C14H22FNO3S. The minimum atomic E-state index is -3.46. The van der Waals surface area contributed by atoms with E-state index < -0.39 is 15.3 Å². The minimum absolute atomic E-state index is 0.148. The molecule has 1 aromatic carbocycles. The third-order valence-electron chi connectivity index (χ3n) is 3.33. The summed E-state index contributed by atoms with van der Waals surface area (Å²) in [6.45, 7) is 5.72. The molecule has 0 spiro atoms. The van der Waals surface area contributed by atoms with Gasteiger partial charge < -0.3 is 4.74 Å². The Hall–Kier alpha value is -0.980. The van der Waals surface area contributed by atoms with E-state index in [1.165, 1.54) is 23.5 Å². The van der Waals surface area contributed by atoms with Gasteiger partial charge in [0, 0.05) is 19.7 Å². The molecule has 0 saturated heterocycles. The highest BCUT2D eigenvalue weighted by Gasteiger charge is 2.31. The Kier molecular flexibility index (Phi) is 6.10. The molecule has 0 N–H and O–H groups in total. The highest BCUT2D eigenvalue weighted by molar-refractivity contribution is 7.89. The molecule has 0 aliphatic rings. The van der Waals surface area contributed by atoms with Crippen molar-refractivity contribution in [3.63, 3.8) is 0 Å². The normalized spacial score (nSPS) is 15.3. The van der Waals surface area contributed by atoms with Crippen LogP contribution in [0, 0.1) is 5.82 Å². The van der Waals surface area contributed by atoms with Crippen molar-refractivity contribution in [2.24, 2.45) is 0 Å². The van der Waals surface area contributed by atoms with Gasteiger partial charge in [0.2, 0.25) is 10.0 Å². The average molecular weight is 303 g/mol. The largest absolute Gasteiger partial charge is 0.383 e. The van der Waals surface area contributed by atoms with Crippen LogP contribution in [0.4, 0.5) is 4.39 Å². The zero-order chi connectivity index (χ0) is 15.3. The lowest BCUT2D eigenvalue weighted by atomic mass is 10.1. The second-order valence-electron chi connectivity index (χ2n) is 4.74. The van der Waals surface area contributed by atoms with E-state index in [1.807, 2.05) is 0 Å². The summed E-state index contributed by atoms with van der Waals surface area (Å²) in [7, 11) is -1.98. The molecule has 1 aromatic rings. The van der Waals surface area contributed by atoms with Gasteiger partial charge in [-0.2, -0.15) is 4.31 Å². The van der Waals surface area contributed by atoms with Crippen LogP contribution >= 0.6 is 0 Å². The number of methoxy groups -OCH3 is 1. The molecule has 0 unspecified atom stereocenters. The van der Waals surface area contributed by atoms with Gasteiger partial charge in [-0.25, -0.2) is 12.8 Å². The van der Waals surface area contributed by atoms with E-state index in [4.69, 9.17) is 4.74 Å². The smallest absolute Gasteiger partial charge is 0.219 e. The van der Waals surface area contributed by atoms with Crippen LogP contribution in [0.2, 0.25) is 0 Å². The third kappa shape index (κ3) is 3.77. The molecule has 0 aromatic heterocycles. The molecule has 114 valence electrons. The number of ether oxygens (including phenoxy) is 1. The molecule has 20 heavy (non-hydrogen) atoms. The topological polar surface area (TPSA) is 46.6 Å². The number of hydrogen-bond donors (Lipinski definition) is 0. The first-order valence-electron chi connectivity index (χ1n) is 6.59. The van der Waals surface area contributed by atoms with Gasteiger partial charge in [-0.3, -0.25) is 0 Å². The van der Waals surface area contributed by atoms with E-state index in [0.717, 1.165) is 5.56 Å². The summed E-state index contributed by atoms with van der Waals surface area (Å²) >= 11 is 0. The summed E-state index contributed by atoms with van der Waals surface area (Å²) in [5.41, 5.74) is 0.765. The van der Waals surface area contributed by atoms with Crippen molar-refractivity contribution in [3.8, 4) is 0 Å². The number of hydrogen-bond acceptors (Lipinski definition) is 3. The Bertz CT molecular complexity index is 516. The van der Waals surface area contributed by atoms with Crippen LogP contribution in [0.5, 0.6) is 0 Å². The highest BCUT2D eigenvalue weighted by Crippen LogP contribution is 2.25. The van der Waals surface area contributed by atoms with Crippen LogP contribution in [-0.2, 0) is 14.8 Å². The summed E-state index contributed by atoms with van der Waals surface area (Å²) in [4.78, 5) is 0. The Morgan fingerprint density at radius 2 is 1.80 bits per heavy atom. The molecule has 0 aliphatic heterocycles. The number of benzene rings is 1. The SMILES string of the molecule is CCN([C@H](C)c1ccc(F)cc1)S(=O)(=O)[C@H](C)COC. The zero-order valence-corrected chi connectivity index (χ0v) is 13.2. The molecule has 4 nitrogen and oxygen atoms in total. The van der Waals surface area contributed by atoms with E-state index >= 15 is 0 Å². The first kappa shape index (κ1) is 17.1. The molecule has 0 saturated carbocycles. The van der Waals surface area contributed by atoms with E-state index in [-0.39, 0.29) is 18.5 Å². The maximum absolute atomic E-state index is 12.9. The van der Waals surface area contributed by atoms with Crippen molar-refractivity contribution in [1.29, 1.82) is 0 Å². The lowest BCUT2D eigenvalue weighted by Crippen LogP contribution is -2.40. The summed E-state index contributed by atoms with van der Waals surface area (Å²) in [5, 5.41) is -0.615. The van der Waals surface area contributed by atoms with Crippen molar-refractivity contribution in [2.75, 3.05) is 20.3 Å². The maximum atomic E-state index is 12.9. The number of sulfonamides is 1. The van der Waals surface area contributed by atoms with Gasteiger partial charge in [0.05, 0.1) is 11.9 Å². The van der Waals surface area contributed by atoms with Gasteiger partial charge >= 0.3 is 0 Å². The van der Waals surface area contributed by atoms with Crippen LogP contribution in [0.1, 0.15) is 32.4 Å². The lowest BCUT2D eigenvalue weighted by Gasteiger charge is -2.30. The summed E-state index contributed by atoms with van der Waals surface area (Å²) in [6.07, 6.45) is 0. The second-order valence-corrected chi connectivity index (χ2v) is 7.05. The minimum Gasteiger partial charge on any atom is -0.383 e. The number of nitrogens with zero attached hydrogens (tertiary/aromatic N) is 1. The fourth-order valence-corrected chi connectivity index (χ4v) is 3.83. The fraction of sp³-hybridized carbons (Fsp3) is 0.571. The fourth-order valence-electron chi connectivity index (χ4n) is 2.13. The van der Waals surface area contributed by atoms with Crippen LogP contribution in [0.3, 0.4) is 0 Å². The Labute approximate surface area is 120 Å². The molecule has 2 atom stereocenters. The van der Waals surface area contributed by atoms with Crippen LogP contribution in [0.15, 0.2) is 24.3 Å². The maximum Gasteiger partial charge on any atom is 0.219 e. The van der Waals surface area contributed by atoms with Gasteiger partial charge in [0.15, 0.2) is 0 Å². The van der Waals surface area contributed by atoms with Crippen molar-refractivity contribution < 1.29 is 17.5 Å². The Balaban J connectivity index is 3.03. The van der Waals surface area contributed by atoms with Gasteiger partial charge in [-0.05, 0) is 31.5 Å². The second kappa shape index (κ2) is 7.15. The predicted octanol–water partition coefficient (Wildman–Crippen LogP) is 2.57. The molecule has 0 bridgehead atoms. The molecule has 1 rings (SSSR count). The monoisotopic (exact) mass is 303 g/mol. The van der Waals surface area contributed by atoms with E-state index in [0.29, 0.717) is 6.54 Å². The first-order valence-corrected chi connectivity index (χ1v) is 8.10. The average Bonchev–Trinajstić information content (AvgIpc) is 2.40. The van der Waals surface area contributed by atoms with E-state index in [9.17, 15) is 12.8 Å². The molecule has 6 heteroatoms. The molecule has 0 fully saturated rings. The summed E-state index contributed by atoms with van der Waals surface area (Å²) in [5.74, 6) is -0.334. The quantitative estimate of drug-likeness (QED) is 0.778. The van der Waals surface area contributed by atoms with Crippen LogP contribution in [0.25, 0.3) is 0 Å². The van der Waals surface area contributed by atoms with Gasteiger partial charge in [0.25, 0.3) is 0 Å².